The van der Waals surface area contributed by atoms with Crippen molar-refractivity contribution in [2.75, 3.05) is 61.8 Å². The lowest BCUT2D eigenvalue weighted by molar-refractivity contribution is -0.384. The van der Waals surface area contributed by atoms with E-state index in [9.17, 15) is 23.3 Å². The number of likely N-dealkylation sites (tertiary alicyclic amines) is 1. The van der Waals surface area contributed by atoms with Crippen LogP contribution in [-0.2, 0) is 27.7 Å². The summed E-state index contributed by atoms with van der Waals surface area (Å²) in [6.07, 6.45) is 4.59. The zero-order valence-corrected chi connectivity index (χ0v) is 38.4. The summed E-state index contributed by atoms with van der Waals surface area (Å²) < 4.78 is 35.3. The van der Waals surface area contributed by atoms with Gasteiger partial charge in [0, 0.05) is 97.5 Å². The number of nitrogens with zero attached hydrogens (tertiary/aromatic N) is 4. The van der Waals surface area contributed by atoms with Crippen molar-refractivity contribution in [2.45, 2.75) is 73.6 Å². The van der Waals surface area contributed by atoms with Crippen LogP contribution in [0.4, 0.5) is 17.1 Å². The van der Waals surface area contributed by atoms with Gasteiger partial charge in [0.1, 0.15) is 5.69 Å². The third-order valence-corrected chi connectivity index (χ3v) is 15.3. The van der Waals surface area contributed by atoms with Crippen LogP contribution in [0.5, 0.6) is 0 Å². The number of carbonyl (C=O) groups excluding carboxylic acids is 1. The van der Waals surface area contributed by atoms with Crippen molar-refractivity contribution in [1.29, 1.82) is 0 Å². The van der Waals surface area contributed by atoms with Crippen LogP contribution in [0.2, 0.25) is 5.02 Å². The summed E-state index contributed by atoms with van der Waals surface area (Å²) in [6, 6.07) is 35.7. The van der Waals surface area contributed by atoms with Crippen molar-refractivity contribution in [3.63, 3.8) is 0 Å². The van der Waals surface area contributed by atoms with E-state index < -0.39 is 20.9 Å². The van der Waals surface area contributed by atoms with E-state index in [4.69, 9.17) is 16.3 Å². The molecule has 3 aliphatic rings. The molecule has 64 heavy (non-hydrogen) atoms. The number of nitrogens with one attached hydrogen (secondary N) is 2. The SMILES string of the molecule is CCOC1CCN(CC[C@H](CSc2ccccc2)Nc2ccc(S(=O)(=O)NC(=O)c3ccc4c(c3)CC[C@@H]3CN(Cc5ccccc5-c5ccc(Cl)cc5)CCN43)cc2[N+](=O)[O-])CC1. The van der Waals surface area contributed by atoms with Gasteiger partial charge in [0.2, 0.25) is 0 Å². The smallest absolute Gasteiger partial charge is 0.293 e. The number of piperidine rings is 1. The molecule has 8 rings (SSSR count). The number of hydrogen-bond acceptors (Lipinski definition) is 11. The van der Waals surface area contributed by atoms with E-state index in [1.54, 1.807) is 23.9 Å². The number of piperazine rings is 1. The highest BCUT2D eigenvalue weighted by atomic mass is 35.5. The molecule has 2 saturated heterocycles. The van der Waals surface area contributed by atoms with E-state index in [2.05, 4.69) is 61.1 Å². The fraction of sp³-hybridized carbons (Fsp3) is 0.367. The number of carbonyl (C=O) groups is 1. The van der Waals surface area contributed by atoms with E-state index >= 15 is 0 Å². The second-order valence-electron chi connectivity index (χ2n) is 16.7. The number of nitro groups is 1. The average molecular weight is 924 g/mol. The standard InChI is InChI=1S/C49H55ClN6O6S2/c1-2-62-42-23-26-53(27-24-42)25-22-40(34-63-43-9-4-3-5-10-43)51-46-20-19-44(31-48(46)56(58)59)64(60,61)52-49(57)37-15-21-47-36(30-37)14-18-41-33-54(28-29-55(41)47)32-38-8-6-7-11-45(38)35-12-16-39(50)17-13-35/h3-13,15-17,19-21,30-31,40-42,51H,2,14,18,22-29,32-34H2,1H3,(H,52,57)/t40-,41-/m1/s1. The molecular formula is C49H55ClN6O6S2. The quantitative estimate of drug-likeness (QED) is 0.0525. The highest BCUT2D eigenvalue weighted by Crippen LogP contribution is 2.35. The first-order valence-corrected chi connectivity index (χ1v) is 25.0. The zero-order valence-electron chi connectivity index (χ0n) is 36.0. The fourth-order valence-corrected chi connectivity index (χ4v) is 11.3. The minimum absolute atomic E-state index is 0.151. The molecule has 5 aromatic carbocycles. The summed E-state index contributed by atoms with van der Waals surface area (Å²) >= 11 is 7.83. The Kier molecular flexibility index (Phi) is 14.9. The Morgan fingerprint density at radius 3 is 2.44 bits per heavy atom. The Labute approximate surface area is 385 Å². The molecule has 0 aromatic heterocycles. The van der Waals surface area contributed by atoms with Crippen molar-refractivity contribution in [3.8, 4) is 11.1 Å². The molecule has 0 radical (unpaired) electrons. The fourth-order valence-electron chi connectivity index (χ4n) is 9.16. The third kappa shape index (κ3) is 11.3. The van der Waals surface area contributed by atoms with Gasteiger partial charge in [0.05, 0.1) is 15.9 Å². The minimum Gasteiger partial charge on any atom is -0.378 e. The molecule has 15 heteroatoms. The van der Waals surface area contributed by atoms with Gasteiger partial charge < -0.3 is 19.9 Å². The maximum atomic E-state index is 13.7. The summed E-state index contributed by atoms with van der Waals surface area (Å²) in [5, 5.41) is 16.5. The summed E-state index contributed by atoms with van der Waals surface area (Å²) in [4.78, 5) is 33.5. The second-order valence-corrected chi connectivity index (χ2v) is 20.0. The number of halogens is 1. The normalized spacial score (nSPS) is 17.6. The van der Waals surface area contributed by atoms with Gasteiger partial charge in [0.15, 0.2) is 0 Å². The van der Waals surface area contributed by atoms with Crippen molar-refractivity contribution in [1.82, 2.24) is 14.5 Å². The predicted molar refractivity (Wildman–Crippen MR) is 256 cm³/mol. The highest BCUT2D eigenvalue weighted by Gasteiger charge is 2.33. The molecule has 5 aromatic rings. The van der Waals surface area contributed by atoms with Crippen molar-refractivity contribution in [2.24, 2.45) is 0 Å². The van der Waals surface area contributed by atoms with E-state index in [1.165, 1.54) is 23.3 Å². The Bertz CT molecular complexity index is 2520. The molecule has 0 spiro atoms. The molecule has 2 N–H and O–H groups in total. The Morgan fingerprint density at radius 2 is 1.67 bits per heavy atom. The maximum absolute atomic E-state index is 13.7. The van der Waals surface area contributed by atoms with Gasteiger partial charge in [-0.2, -0.15) is 0 Å². The van der Waals surface area contributed by atoms with Gasteiger partial charge in [-0.3, -0.25) is 19.8 Å². The lowest BCUT2D eigenvalue weighted by Crippen LogP contribution is -2.54. The largest absolute Gasteiger partial charge is 0.378 e. The Balaban J connectivity index is 0.906. The topological polar surface area (TPSA) is 137 Å². The first-order valence-electron chi connectivity index (χ1n) is 22.1. The van der Waals surface area contributed by atoms with Crippen LogP contribution in [-0.4, -0.2) is 98.9 Å². The number of hydrogen-bond donors (Lipinski definition) is 2. The summed E-state index contributed by atoms with van der Waals surface area (Å²) in [5.41, 5.74) is 5.71. The van der Waals surface area contributed by atoms with Crippen LogP contribution in [0.15, 0.2) is 125 Å². The monoisotopic (exact) mass is 922 g/mol. The van der Waals surface area contributed by atoms with Gasteiger partial charge in [0.25, 0.3) is 21.6 Å². The van der Waals surface area contributed by atoms with Crippen molar-refractivity contribution < 1.29 is 22.9 Å². The first-order chi connectivity index (χ1) is 31.0. The van der Waals surface area contributed by atoms with Crippen LogP contribution in [0.1, 0.15) is 54.1 Å². The molecule has 0 unspecified atom stereocenters. The predicted octanol–water partition coefficient (Wildman–Crippen LogP) is 9.13. The molecule has 336 valence electrons. The lowest BCUT2D eigenvalue weighted by Gasteiger charge is -2.46. The maximum Gasteiger partial charge on any atom is 0.293 e. The van der Waals surface area contributed by atoms with Gasteiger partial charge in [-0.15, -0.1) is 11.8 Å². The highest BCUT2D eigenvalue weighted by molar-refractivity contribution is 7.99. The molecule has 1 amide bonds. The van der Waals surface area contributed by atoms with Crippen molar-refractivity contribution >= 4 is 56.4 Å². The number of fused-ring (bicyclic) bond motifs is 3. The molecule has 2 fully saturated rings. The number of rotatable bonds is 17. The number of thioether (sulfide) groups is 1. The third-order valence-electron chi connectivity index (χ3n) is 12.5. The van der Waals surface area contributed by atoms with Crippen LogP contribution < -0.4 is 14.9 Å². The number of anilines is 2. The molecular weight excluding hydrogens is 868 g/mol. The molecule has 0 aliphatic carbocycles. The number of amides is 1. The van der Waals surface area contributed by atoms with Gasteiger partial charge in [-0.1, -0.05) is 66.2 Å². The van der Waals surface area contributed by atoms with Gasteiger partial charge >= 0.3 is 0 Å². The first kappa shape index (κ1) is 45.6. The molecule has 3 aliphatic heterocycles. The number of benzene rings is 5. The molecule has 0 bridgehead atoms. The molecule has 2 atom stereocenters. The van der Waals surface area contributed by atoms with Crippen LogP contribution in [0, 0.1) is 10.1 Å². The number of sulfonamides is 1. The lowest BCUT2D eigenvalue weighted by atomic mass is 9.92. The Morgan fingerprint density at radius 1 is 0.906 bits per heavy atom. The minimum atomic E-state index is -4.46. The molecule has 12 nitrogen and oxygen atoms in total. The number of nitro benzene ring substituents is 1. The van der Waals surface area contributed by atoms with E-state index in [-0.39, 0.29) is 34.0 Å². The Hall–Kier alpha value is -4.96. The zero-order chi connectivity index (χ0) is 44.6. The van der Waals surface area contributed by atoms with E-state index in [0.29, 0.717) is 23.4 Å². The van der Waals surface area contributed by atoms with Crippen LogP contribution in [0.3, 0.4) is 0 Å². The van der Waals surface area contributed by atoms with E-state index in [0.717, 1.165) is 106 Å². The summed E-state index contributed by atoms with van der Waals surface area (Å²) in [5.74, 6) is -0.146. The molecule has 3 heterocycles. The number of ether oxygens (including phenoxy) is 1. The summed E-state index contributed by atoms with van der Waals surface area (Å²) in [6.45, 7) is 8.80. The van der Waals surface area contributed by atoms with Gasteiger partial charge in [-0.05, 0) is 116 Å². The van der Waals surface area contributed by atoms with Crippen LogP contribution in [0.25, 0.3) is 11.1 Å². The number of aryl methyl sites for hydroxylation is 1. The van der Waals surface area contributed by atoms with Crippen molar-refractivity contribution in [3.05, 3.63) is 147 Å². The van der Waals surface area contributed by atoms with Crippen LogP contribution >= 0.6 is 23.4 Å². The average Bonchev–Trinajstić information content (AvgIpc) is 3.30. The van der Waals surface area contributed by atoms with Gasteiger partial charge in [-0.25, -0.2) is 13.1 Å². The summed E-state index contributed by atoms with van der Waals surface area (Å²) in [7, 11) is -4.46. The van der Waals surface area contributed by atoms with E-state index in [1.807, 2.05) is 55.5 Å². The second kappa shape index (κ2) is 20.9. The molecule has 0 saturated carbocycles.